The molecule has 0 aliphatic heterocycles. The molecule has 0 spiro atoms. The number of hydrogen-bond donors (Lipinski definition) is 2. The van der Waals surface area contributed by atoms with Crippen LogP contribution in [0.3, 0.4) is 0 Å². The van der Waals surface area contributed by atoms with Gasteiger partial charge in [-0.15, -0.1) is 0 Å². The number of alkyl halides is 1. The SMILES string of the molecule is OC[C@@](O)(C#Cc1ccccc1)CI. The van der Waals surface area contributed by atoms with Crippen LogP contribution in [0.5, 0.6) is 0 Å². The van der Waals surface area contributed by atoms with Gasteiger partial charge < -0.3 is 10.2 Å². The van der Waals surface area contributed by atoms with E-state index in [1.165, 1.54) is 0 Å². The fourth-order valence-electron chi connectivity index (χ4n) is 0.825. The predicted molar refractivity (Wildman–Crippen MR) is 64.2 cm³/mol. The Bertz CT molecular complexity index is 333. The van der Waals surface area contributed by atoms with Crippen LogP contribution < -0.4 is 0 Å². The maximum atomic E-state index is 9.66. The molecule has 1 aromatic carbocycles. The van der Waals surface area contributed by atoms with Gasteiger partial charge in [-0.3, -0.25) is 0 Å². The monoisotopic (exact) mass is 302 g/mol. The molecule has 0 radical (unpaired) electrons. The molecule has 1 rings (SSSR count). The Balaban J connectivity index is 2.82. The average Bonchev–Trinajstić information content (AvgIpc) is 2.27. The molecule has 0 aromatic heterocycles. The lowest BCUT2D eigenvalue weighted by Gasteiger charge is -2.14. The summed E-state index contributed by atoms with van der Waals surface area (Å²) >= 11 is 2.00. The molecule has 1 atom stereocenters. The molecule has 0 saturated carbocycles. The van der Waals surface area contributed by atoms with Crippen LogP contribution in [0.1, 0.15) is 5.56 Å². The first-order valence-electron chi connectivity index (χ1n) is 4.17. The number of benzene rings is 1. The summed E-state index contributed by atoms with van der Waals surface area (Å²) < 4.78 is 0.390. The van der Waals surface area contributed by atoms with Crippen LogP contribution in [-0.2, 0) is 0 Å². The Kier molecular flexibility index (Phi) is 4.39. The predicted octanol–water partition coefficient (Wildman–Crippen LogP) is 1.20. The molecule has 2 N–H and O–H groups in total. The van der Waals surface area contributed by atoms with Crippen molar-refractivity contribution in [3.8, 4) is 11.8 Å². The van der Waals surface area contributed by atoms with Gasteiger partial charge in [0.1, 0.15) is 0 Å². The fourth-order valence-corrected chi connectivity index (χ4v) is 1.26. The molecule has 0 unspecified atom stereocenters. The quantitative estimate of drug-likeness (QED) is 0.489. The highest BCUT2D eigenvalue weighted by molar-refractivity contribution is 14.1. The third-order valence-corrected chi connectivity index (χ3v) is 2.96. The summed E-state index contributed by atoms with van der Waals surface area (Å²) in [6.45, 7) is -0.338. The largest absolute Gasteiger partial charge is 0.392 e. The Hall–Kier alpha value is -0.570. The van der Waals surface area contributed by atoms with Crippen LogP contribution in [-0.4, -0.2) is 26.8 Å². The molecule has 14 heavy (non-hydrogen) atoms. The van der Waals surface area contributed by atoms with E-state index in [0.717, 1.165) is 5.56 Å². The van der Waals surface area contributed by atoms with Gasteiger partial charge in [-0.25, -0.2) is 0 Å². The Morgan fingerprint density at radius 3 is 2.43 bits per heavy atom. The molecule has 74 valence electrons. The van der Waals surface area contributed by atoms with Crippen LogP contribution in [0.4, 0.5) is 0 Å². The van der Waals surface area contributed by atoms with Crippen molar-refractivity contribution in [1.29, 1.82) is 0 Å². The zero-order chi connectivity index (χ0) is 10.4. The molecular formula is C11H11IO2. The van der Waals surface area contributed by atoms with E-state index in [1.807, 2.05) is 52.9 Å². The van der Waals surface area contributed by atoms with E-state index in [2.05, 4.69) is 11.8 Å². The van der Waals surface area contributed by atoms with Crippen molar-refractivity contribution >= 4 is 22.6 Å². The van der Waals surface area contributed by atoms with E-state index in [-0.39, 0.29) is 6.61 Å². The van der Waals surface area contributed by atoms with Crippen molar-refractivity contribution in [3.63, 3.8) is 0 Å². The molecule has 0 aliphatic rings. The summed E-state index contributed by atoms with van der Waals surface area (Å²) in [6, 6.07) is 9.38. The van der Waals surface area contributed by atoms with Gasteiger partial charge in [0.2, 0.25) is 0 Å². The molecule has 0 amide bonds. The topological polar surface area (TPSA) is 40.5 Å². The van der Waals surface area contributed by atoms with Crippen molar-refractivity contribution in [2.45, 2.75) is 5.60 Å². The number of aliphatic hydroxyl groups is 2. The van der Waals surface area contributed by atoms with Gasteiger partial charge in [-0.2, -0.15) is 0 Å². The number of hydrogen-bond acceptors (Lipinski definition) is 2. The molecule has 3 heteroatoms. The highest BCUT2D eigenvalue weighted by Crippen LogP contribution is 2.07. The third kappa shape index (κ3) is 3.29. The van der Waals surface area contributed by atoms with Crippen LogP contribution in [0.15, 0.2) is 30.3 Å². The lowest BCUT2D eigenvalue weighted by atomic mass is 10.1. The van der Waals surface area contributed by atoms with E-state index in [4.69, 9.17) is 5.11 Å². The van der Waals surface area contributed by atoms with Crippen molar-refractivity contribution in [2.75, 3.05) is 11.0 Å². The maximum absolute atomic E-state index is 9.66. The summed E-state index contributed by atoms with van der Waals surface area (Å²) in [7, 11) is 0. The summed E-state index contributed by atoms with van der Waals surface area (Å²) in [5, 5.41) is 18.6. The van der Waals surface area contributed by atoms with E-state index in [1.54, 1.807) is 0 Å². The highest BCUT2D eigenvalue weighted by Gasteiger charge is 2.20. The van der Waals surface area contributed by atoms with Gasteiger partial charge >= 0.3 is 0 Å². The molecule has 1 aromatic rings. The Labute approximate surface area is 97.1 Å². The van der Waals surface area contributed by atoms with Crippen molar-refractivity contribution < 1.29 is 10.2 Å². The van der Waals surface area contributed by atoms with Gasteiger partial charge in [0.25, 0.3) is 0 Å². The first-order chi connectivity index (χ1) is 6.70. The van der Waals surface area contributed by atoms with Crippen LogP contribution in [0, 0.1) is 11.8 Å². The van der Waals surface area contributed by atoms with E-state index in [9.17, 15) is 5.11 Å². The van der Waals surface area contributed by atoms with Gasteiger partial charge in [0.05, 0.1) is 6.61 Å². The van der Waals surface area contributed by atoms with Gasteiger partial charge in [-0.1, -0.05) is 52.6 Å². The van der Waals surface area contributed by atoms with Crippen LogP contribution >= 0.6 is 22.6 Å². The van der Waals surface area contributed by atoms with Gasteiger partial charge in [0.15, 0.2) is 5.60 Å². The third-order valence-electron chi connectivity index (χ3n) is 1.70. The van der Waals surface area contributed by atoms with Gasteiger partial charge in [0, 0.05) is 9.99 Å². The minimum absolute atomic E-state index is 0.338. The van der Waals surface area contributed by atoms with Crippen LogP contribution in [0.2, 0.25) is 0 Å². The van der Waals surface area contributed by atoms with Crippen molar-refractivity contribution in [1.82, 2.24) is 0 Å². The molecule has 0 bridgehead atoms. The second kappa shape index (κ2) is 5.35. The number of rotatable bonds is 2. The van der Waals surface area contributed by atoms with Crippen molar-refractivity contribution in [2.24, 2.45) is 0 Å². The highest BCUT2D eigenvalue weighted by atomic mass is 127. The lowest BCUT2D eigenvalue weighted by molar-refractivity contribution is 0.0583. The van der Waals surface area contributed by atoms with Crippen molar-refractivity contribution in [3.05, 3.63) is 35.9 Å². The molecule has 2 nitrogen and oxygen atoms in total. The standard InChI is InChI=1S/C11H11IO2/c12-8-11(14,9-13)7-6-10-4-2-1-3-5-10/h1-5,13-14H,8-9H2/t11-/m1/s1. The molecule has 0 fully saturated rings. The average molecular weight is 302 g/mol. The first-order valence-corrected chi connectivity index (χ1v) is 5.70. The summed E-state index contributed by atoms with van der Waals surface area (Å²) in [6.07, 6.45) is 0. The molecule has 0 saturated heterocycles. The lowest BCUT2D eigenvalue weighted by Crippen LogP contribution is -2.33. The second-order valence-corrected chi connectivity index (χ2v) is 3.70. The Morgan fingerprint density at radius 1 is 1.29 bits per heavy atom. The van der Waals surface area contributed by atoms with E-state index >= 15 is 0 Å². The maximum Gasteiger partial charge on any atom is 0.157 e. The number of halogens is 1. The van der Waals surface area contributed by atoms with E-state index in [0.29, 0.717) is 4.43 Å². The molecular weight excluding hydrogens is 291 g/mol. The van der Waals surface area contributed by atoms with Crippen LogP contribution in [0.25, 0.3) is 0 Å². The smallest absolute Gasteiger partial charge is 0.157 e. The number of aliphatic hydroxyl groups excluding tert-OH is 1. The minimum atomic E-state index is -1.28. The first kappa shape index (κ1) is 11.5. The summed E-state index contributed by atoms with van der Waals surface area (Å²) in [5.74, 6) is 5.48. The second-order valence-electron chi connectivity index (χ2n) is 2.94. The molecule has 0 aliphatic carbocycles. The van der Waals surface area contributed by atoms with Gasteiger partial charge in [-0.05, 0) is 12.1 Å². The zero-order valence-corrected chi connectivity index (χ0v) is 9.73. The summed E-state index contributed by atoms with van der Waals surface area (Å²) in [4.78, 5) is 0. The fraction of sp³-hybridized carbons (Fsp3) is 0.273. The normalized spacial score (nSPS) is 13.9. The van der Waals surface area contributed by atoms with E-state index < -0.39 is 5.60 Å². The zero-order valence-electron chi connectivity index (χ0n) is 7.57. The molecule has 0 heterocycles. The Morgan fingerprint density at radius 2 is 1.93 bits per heavy atom. The summed E-state index contributed by atoms with van der Waals surface area (Å²) in [5.41, 5.74) is -0.444. The minimum Gasteiger partial charge on any atom is -0.392 e.